The van der Waals surface area contributed by atoms with Crippen LogP contribution in [0.25, 0.3) is 0 Å². The summed E-state index contributed by atoms with van der Waals surface area (Å²) in [7, 11) is 0. The van der Waals surface area contributed by atoms with Gasteiger partial charge in [0.25, 0.3) is 5.69 Å². The highest BCUT2D eigenvalue weighted by atomic mass is 32.2. The number of ether oxygens (including phenoxy) is 1. The number of likely N-dealkylation sites (N-methyl/N-ethyl adjacent to an activating group) is 1. The lowest BCUT2D eigenvalue weighted by Crippen LogP contribution is -2.68. The number of carbonyl (C=O) groups excluding carboxylic acids is 7. The van der Waals surface area contributed by atoms with E-state index in [1.807, 2.05) is 0 Å². The summed E-state index contributed by atoms with van der Waals surface area (Å²) in [5.74, 6) is -4.15. The van der Waals surface area contributed by atoms with Gasteiger partial charge in [0.2, 0.25) is 16.7 Å². The van der Waals surface area contributed by atoms with Crippen LogP contribution in [0.15, 0.2) is 65.9 Å². The van der Waals surface area contributed by atoms with Gasteiger partial charge in [-0.05, 0) is 41.7 Å². The number of amides is 8. The first-order valence-corrected chi connectivity index (χ1v) is 19.1. The number of imide groups is 1. The lowest BCUT2D eigenvalue weighted by atomic mass is 10.0. The van der Waals surface area contributed by atoms with Crippen molar-refractivity contribution < 1.29 is 43.2 Å². The molecular formula is C34H33N11O10S2. The Hall–Kier alpha value is -6.49. The van der Waals surface area contributed by atoms with Crippen LogP contribution in [0.1, 0.15) is 29.0 Å². The SMILES string of the molecule is CCN1CCN(C(=O)N[C@@H](C(=O)N[C@@H]2C(=O)N3C[C@@](C(=O)OCc4ccc([N+](=O)[O-])cc4)(N4CCN(N=Cc5cnns5)C4=O)S[C@H]23)c2ccccc2)C(=O)C1=O. The quantitative estimate of drug-likeness (QED) is 0.0632. The Labute approximate surface area is 331 Å². The number of thioether (sulfide) groups is 1. The molecule has 0 aliphatic carbocycles. The molecule has 1 aromatic heterocycles. The van der Waals surface area contributed by atoms with Crippen LogP contribution in [0.5, 0.6) is 0 Å². The molecule has 4 fully saturated rings. The van der Waals surface area contributed by atoms with E-state index in [9.17, 15) is 43.7 Å². The molecule has 21 nitrogen and oxygen atoms in total. The first-order chi connectivity index (χ1) is 27.4. The number of hydrogen-bond donors (Lipinski definition) is 2. The van der Waals surface area contributed by atoms with Crippen LogP contribution in [0.2, 0.25) is 0 Å². The molecule has 0 unspecified atom stereocenters. The highest BCUT2D eigenvalue weighted by Gasteiger charge is 2.67. The van der Waals surface area contributed by atoms with Gasteiger partial charge in [-0.2, -0.15) is 5.10 Å². The van der Waals surface area contributed by atoms with Crippen molar-refractivity contribution in [1.82, 2.24) is 44.8 Å². The molecule has 296 valence electrons. The number of non-ortho nitro benzene ring substituents is 1. The lowest BCUT2D eigenvalue weighted by molar-refractivity contribution is -0.384. The number of β-lactam (4-membered cyclic amide) rings is 1. The number of esters is 1. The molecule has 57 heavy (non-hydrogen) atoms. The molecule has 8 amide bonds. The van der Waals surface area contributed by atoms with Crippen molar-refractivity contribution in [3.05, 3.63) is 86.9 Å². The Morgan fingerprint density at radius 1 is 1.05 bits per heavy atom. The van der Waals surface area contributed by atoms with Gasteiger partial charge in [0.05, 0.1) is 35.3 Å². The number of nitro groups is 1. The molecule has 4 aliphatic rings. The van der Waals surface area contributed by atoms with Crippen molar-refractivity contribution in [1.29, 1.82) is 0 Å². The lowest BCUT2D eigenvalue weighted by Gasteiger charge is -2.41. The maximum atomic E-state index is 14.2. The van der Waals surface area contributed by atoms with E-state index >= 15 is 0 Å². The standard InChI is InChI=1S/C34H33N11O10S2/c1-2-40-12-13-41(29(49)28(40)48)32(51)38-24(21-6-4-3-5-7-21)26(46)37-25-27(47)42-19-34(56-30(25)42,31(50)55-18-20-8-10-22(11-9-20)45(53)54)43-14-15-44(33(43)52)36-17-23-16-35-39-57-23/h3-11,16-17,24-25,30H,2,12-15,18-19H2,1H3,(H,37,46)(H,38,51)/t24-,25-,30-,34-/m1/s1. The minimum absolute atomic E-state index is 0.0123. The number of rotatable bonds is 12. The zero-order valence-corrected chi connectivity index (χ0v) is 31.6. The van der Waals surface area contributed by atoms with Crippen LogP contribution >= 0.6 is 23.3 Å². The summed E-state index contributed by atoms with van der Waals surface area (Å²) in [6.07, 6.45) is 2.86. The second kappa shape index (κ2) is 15.9. The maximum Gasteiger partial charge on any atom is 0.345 e. The van der Waals surface area contributed by atoms with Gasteiger partial charge in [0.15, 0.2) is 0 Å². The van der Waals surface area contributed by atoms with Gasteiger partial charge < -0.3 is 25.2 Å². The van der Waals surface area contributed by atoms with Crippen molar-refractivity contribution in [3.8, 4) is 0 Å². The normalized spacial score (nSPS) is 22.4. The van der Waals surface area contributed by atoms with Crippen molar-refractivity contribution in [3.63, 3.8) is 0 Å². The number of nitro benzene ring substituents is 1. The van der Waals surface area contributed by atoms with Gasteiger partial charge in [0.1, 0.15) is 24.1 Å². The third kappa shape index (κ3) is 7.45. The molecule has 0 saturated carbocycles. The molecule has 4 aliphatic heterocycles. The monoisotopic (exact) mass is 819 g/mol. The van der Waals surface area contributed by atoms with Crippen molar-refractivity contribution in [2.24, 2.45) is 5.10 Å². The Kier molecular flexibility index (Phi) is 10.8. The molecule has 4 atom stereocenters. The number of nitrogens with one attached hydrogen (secondary N) is 2. The minimum Gasteiger partial charge on any atom is -0.458 e. The number of carbonyl (C=O) groups is 7. The van der Waals surface area contributed by atoms with E-state index in [1.165, 1.54) is 51.4 Å². The van der Waals surface area contributed by atoms with Gasteiger partial charge in [-0.15, -0.1) is 5.10 Å². The predicted octanol–water partition coefficient (Wildman–Crippen LogP) is 0.499. The fourth-order valence-electron chi connectivity index (χ4n) is 6.65. The summed E-state index contributed by atoms with van der Waals surface area (Å²) in [5.41, 5.74) is 0.591. The molecule has 0 radical (unpaired) electrons. The van der Waals surface area contributed by atoms with Gasteiger partial charge in [-0.25, -0.2) is 19.4 Å². The summed E-state index contributed by atoms with van der Waals surface area (Å²) in [4.78, 5) is 108. The second-order valence-corrected chi connectivity index (χ2v) is 15.2. The van der Waals surface area contributed by atoms with Crippen LogP contribution in [0.3, 0.4) is 0 Å². The summed E-state index contributed by atoms with van der Waals surface area (Å²) in [6, 6.07) is 9.20. The highest BCUT2D eigenvalue weighted by Crippen LogP contribution is 2.50. The fraction of sp³-hybridized carbons (Fsp3) is 0.353. The van der Waals surface area contributed by atoms with E-state index in [0.717, 1.165) is 33.2 Å². The zero-order chi connectivity index (χ0) is 40.4. The molecule has 4 saturated heterocycles. The van der Waals surface area contributed by atoms with E-state index in [4.69, 9.17) is 4.74 Å². The Morgan fingerprint density at radius 3 is 2.49 bits per heavy atom. The first-order valence-electron chi connectivity index (χ1n) is 17.5. The molecule has 7 rings (SSSR count). The van der Waals surface area contributed by atoms with E-state index in [1.54, 1.807) is 37.3 Å². The first kappa shape index (κ1) is 38.8. The zero-order valence-electron chi connectivity index (χ0n) is 30.0. The topological polar surface area (TPSA) is 250 Å². The third-order valence-corrected chi connectivity index (χ3v) is 12.0. The predicted molar refractivity (Wildman–Crippen MR) is 199 cm³/mol. The van der Waals surface area contributed by atoms with Gasteiger partial charge in [0, 0.05) is 38.3 Å². The summed E-state index contributed by atoms with van der Waals surface area (Å²) < 4.78 is 9.47. The number of piperazine rings is 1. The summed E-state index contributed by atoms with van der Waals surface area (Å²) >= 11 is 1.99. The molecular weight excluding hydrogens is 787 g/mol. The average molecular weight is 820 g/mol. The molecule has 23 heteroatoms. The van der Waals surface area contributed by atoms with Crippen molar-refractivity contribution in [2.45, 2.75) is 35.9 Å². The van der Waals surface area contributed by atoms with E-state index in [-0.39, 0.29) is 51.6 Å². The molecule has 0 bridgehead atoms. The van der Waals surface area contributed by atoms with E-state index < -0.39 is 68.9 Å². The largest absolute Gasteiger partial charge is 0.458 e. The fourth-order valence-corrected chi connectivity index (χ4v) is 8.72. The van der Waals surface area contributed by atoms with Gasteiger partial charge in [-0.3, -0.25) is 39.1 Å². The van der Waals surface area contributed by atoms with Crippen molar-refractivity contribution in [2.75, 3.05) is 39.3 Å². The summed E-state index contributed by atoms with van der Waals surface area (Å²) in [6.45, 7) is 1.50. The van der Waals surface area contributed by atoms with Crippen LogP contribution in [0.4, 0.5) is 15.3 Å². The second-order valence-electron chi connectivity index (χ2n) is 13.0. The number of urea groups is 2. The summed E-state index contributed by atoms with van der Waals surface area (Å²) in [5, 5.41) is 24.6. The number of aromatic nitrogens is 2. The number of nitrogens with zero attached hydrogens (tertiary/aromatic N) is 9. The molecule has 3 aromatic rings. The molecule has 2 N–H and O–H groups in total. The maximum absolute atomic E-state index is 14.2. The number of fused-ring (bicyclic) bond motifs is 1. The van der Waals surface area contributed by atoms with Crippen LogP contribution in [-0.2, 0) is 35.3 Å². The smallest absolute Gasteiger partial charge is 0.345 e. The molecule has 2 aromatic carbocycles. The minimum atomic E-state index is -1.80. The Morgan fingerprint density at radius 2 is 1.81 bits per heavy atom. The molecule has 0 spiro atoms. The van der Waals surface area contributed by atoms with Gasteiger partial charge >= 0.3 is 29.8 Å². The van der Waals surface area contributed by atoms with E-state index in [0.29, 0.717) is 16.0 Å². The average Bonchev–Trinajstić information content (AvgIpc) is 3.97. The molecule has 5 heterocycles. The van der Waals surface area contributed by atoms with Crippen LogP contribution < -0.4 is 10.6 Å². The van der Waals surface area contributed by atoms with Crippen LogP contribution in [-0.4, -0.2) is 143 Å². The van der Waals surface area contributed by atoms with E-state index in [2.05, 4.69) is 25.3 Å². The van der Waals surface area contributed by atoms with Crippen molar-refractivity contribution >= 4 is 76.9 Å². The number of hydrogen-bond acceptors (Lipinski definition) is 15. The number of benzene rings is 2. The Bertz CT molecular complexity index is 2140. The highest BCUT2D eigenvalue weighted by molar-refractivity contribution is 8.02. The Balaban J connectivity index is 1.10. The van der Waals surface area contributed by atoms with Crippen LogP contribution in [0, 0.1) is 10.1 Å². The third-order valence-electron chi connectivity index (χ3n) is 9.70. The van der Waals surface area contributed by atoms with Gasteiger partial charge in [-0.1, -0.05) is 46.6 Å². The number of hydrazone groups is 1.